The molecule has 3 heterocycles. The Morgan fingerprint density at radius 3 is 1.71 bits per heavy atom. The highest BCUT2D eigenvalue weighted by Gasteiger charge is 2.51. The van der Waals surface area contributed by atoms with Crippen LogP contribution in [0.5, 0.6) is 0 Å². The first-order chi connectivity index (χ1) is 38.4. The molecule has 2 saturated heterocycles. The van der Waals surface area contributed by atoms with Gasteiger partial charge in [0.2, 0.25) is 11.8 Å². The van der Waals surface area contributed by atoms with Gasteiger partial charge in [0.1, 0.15) is 18.3 Å². The average Bonchev–Trinajstić information content (AvgIpc) is 3.95. The van der Waals surface area contributed by atoms with Crippen molar-refractivity contribution >= 4 is 46.9 Å². The molecule has 0 spiro atoms. The molecule has 4 amide bonds. The summed E-state index contributed by atoms with van der Waals surface area (Å²) >= 11 is 0. The highest BCUT2D eigenvalue weighted by Crippen LogP contribution is 2.50. The van der Waals surface area contributed by atoms with Crippen molar-refractivity contribution in [2.45, 2.75) is 67.2 Å². The van der Waals surface area contributed by atoms with E-state index in [1.54, 1.807) is 46.2 Å². The Morgan fingerprint density at radius 2 is 1.08 bits per heavy atom. The van der Waals surface area contributed by atoms with Crippen molar-refractivity contribution in [1.29, 1.82) is 0 Å². The molecular weight excluding hydrogens is 995 g/mol. The molecule has 0 aromatic heterocycles. The van der Waals surface area contributed by atoms with E-state index in [1.165, 1.54) is 14.7 Å². The van der Waals surface area contributed by atoms with E-state index in [1.807, 2.05) is 158 Å². The summed E-state index contributed by atoms with van der Waals surface area (Å²) in [5.74, 6) is -4.51. The Kier molecular flexibility index (Phi) is 14.8. The lowest BCUT2D eigenvalue weighted by Crippen LogP contribution is -2.62. The molecule has 3 N–H and O–H groups in total. The molecule has 4 aliphatic rings. The maximum absolute atomic E-state index is 15.3. The summed E-state index contributed by atoms with van der Waals surface area (Å²) in [5.41, 5.74) is 5.91. The van der Waals surface area contributed by atoms with Crippen LogP contribution in [0.25, 0.3) is 0 Å². The van der Waals surface area contributed by atoms with Crippen molar-refractivity contribution in [3.8, 4) is 0 Å². The molecule has 7 aromatic rings. The number of urea groups is 1. The Hall–Kier alpha value is -8.72. The highest BCUT2D eigenvalue weighted by molar-refractivity contribution is 6.12. The number of aliphatic hydroxyl groups is 1. The number of Topliss-reactive ketones (excluding diaryl/α,β-unsaturated/α-hetero) is 1. The summed E-state index contributed by atoms with van der Waals surface area (Å²) in [6, 6.07) is 56.9. The fourth-order valence-corrected chi connectivity index (χ4v) is 12.7. The molecule has 14 nitrogen and oxygen atoms in total. The van der Waals surface area contributed by atoms with Gasteiger partial charge in [-0.25, -0.2) is 9.59 Å². The lowest BCUT2D eigenvalue weighted by molar-refractivity contribution is -0.158. The number of piperazine rings is 2. The zero-order valence-corrected chi connectivity index (χ0v) is 43.5. The van der Waals surface area contributed by atoms with Gasteiger partial charge in [-0.3, -0.25) is 29.0 Å². The van der Waals surface area contributed by atoms with E-state index in [4.69, 9.17) is 0 Å². The van der Waals surface area contributed by atoms with E-state index in [0.29, 0.717) is 41.8 Å². The molecule has 14 heteroatoms. The van der Waals surface area contributed by atoms with Gasteiger partial charge in [0.15, 0.2) is 5.78 Å². The van der Waals surface area contributed by atoms with Gasteiger partial charge in [-0.2, -0.15) is 0 Å². The number of nitrogens with zero attached hydrogens (tertiary/aromatic N) is 5. The summed E-state index contributed by atoms with van der Waals surface area (Å²) in [5, 5.41) is 34.1. The second-order valence-electron chi connectivity index (χ2n) is 21.1. The van der Waals surface area contributed by atoms with Crippen molar-refractivity contribution in [3.05, 3.63) is 239 Å². The number of hydrogen-bond donors (Lipinski definition) is 3. The second kappa shape index (κ2) is 22.3. The summed E-state index contributed by atoms with van der Waals surface area (Å²) in [4.78, 5) is 92.1. The molecule has 79 heavy (non-hydrogen) atoms. The van der Waals surface area contributed by atoms with Crippen LogP contribution >= 0.6 is 0 Å². The number of fused-ring (bicyclic) bond motifs is 2. The second-order valence-corrected chi connectivity index (χ2v) is 21.1. The normalized spacial score (nSPS) is 21.1. The van der Waals surface area contributed by atoms with Gasteiger partial charge >= 0.3 is 18.0 Å². The number of carboxylic acids is 2. The van der Waals surface area contributed by atoms with Crippen LogP contribution < -0.4 is 4.90 Å². The van der Waals surface area contributed by atoms with Crippen LogP contribution in [0.3, 0.4) is 0 Å². The average molecular weight is 1060 g/mol. The minimum absolute atomic E-state index is 0.0412. The van der Waals surface area contributed by atoms with E-state index in [0.717, 1.165) is 33.4 Å². The van der Waals surface area contributed by atoms with Crippen molar-refractivity contribution in [1.82, 2.24) is 19.6 Å². The standard InChI is InChI=1S/C65H61N5O9/c71-56-39-48-23-13-15-27-52(48)70(53-28-16-14-26-51(53)56)64(79)67-36-38-69(55(42-67)62(76)77)60(73)58(46-21-9-3-10-22-46)47-31-29-43(30-32-47)49-33-34-65(40-49,50-24-11-4-12-25-50)63(78)66-35-37-68(54(41-66)61(74)75)59(72)57(44-17-5-1-6-18-44)45-19-7-2-8-20-45/h1-32,49,54-55,57-58,60,73H,33-42H2,(H,74,75)(H,76,77)/t49?,54-,55-,58?,60?,65?/m0/s1. The Balaban J connectivity index is 0.830. The lowest BCUT2D eigenvalue weighted by atomic mass is 9.76. The number of anilines is 2. The summed E-state index contributed by atoms with van der Waals surface area (Å²) in [7, 11) is 0. The van der Waals surface area contributed by atoms with Gasteiger partial charge in [-0.05, 0) is 82.3 Å². The van der Waals surface area contributed by atoms with Gasteiger partial charge in [0, 0.05) is 50.6 Å². The summed E-state index contributed by atoms with van der Waals surface area (Å²) in [6.45, 7) is -0.0249. The Bertz CT molecular complexity index is 3340. The maximum atomic E-state index is 15.3. The number of carboxylic acid groups (broad SMARTS) is 2. The molecule has 6 atom stereocenters. The number of rotatable bonds is 12. The topological polar surface area (TPSA) is 179 Å². The van der Waals surface area contributed by atoms with Crippen LogP contribution in [-0.2, 0) is 31.0 Å². The fourth-order valence-electron chi connectivity index (χ4n) is 12.7. The SMILES string of the molecule is O=C1Cc2ccccc2N(C(=O)N2CCN(C(O)C(c3ccccc3)c3ccc(C4CCC(C(=O)N5CCN(C(=O)C(c6ccccc6)c6ccccc6)[C@H](C(=O)O)C5)(c5ccccc5)C4)cc3)[C@H](C(=O)O)C2)c2ccccc21. The number of aliphatic hydroxyl groups excluding tert-OH is 1. The molecule has 7 aromatic carbocycles. The first-order valence-corrected chi connectivity index (χ1v) is 27.0. The lowest BCUT2D eigenvalue weighted by Gasteiger charge is -2.44. The molecule has 11 rings (SSSR count). The molecule has 0 bridgehead atoms. The van der Waals surface area contributed by atoms with E-state index >= 15 is 4.79 Å². The van der Waals surface area contributed by atoms with Crippen LogP contribution in [0.2, 0.25) is 0 Å². The van der Waals surface area contributed by atoms with E-state index in [-0.39, 0.29) is 69.2 Å². The van der Waals surface area contributed by atoms with Gasteiger partial charge in [-0.15, -0.1) is 0 Å². The zero-order chi connectivity index (χ0) is 54.8. The van der Waals surface area contributed by atoms with Crippen molar-refractivity contribution in [2.24, 2.45) is 0 Å². The number of hydrogen-bond acceptors (Lipinski definition) is 8. The summed E-state index contributed by atoms with van der Waals surface area (Å²) < 4.78 is 0. The first kappa shape index (κ1) is 52.3. The molecule has 3 fully saturated rings. The third-order valence-corrected chi connectivity index (χ3v) is 16.8. The minimum atomic E-state index is -1.33. The molecule has 3 aliphatic heterocycles. The van der Waals surface area contributed by atoms with E-state index < -0.39 is 53.5 Å². The number of carbonyl (C=O) groups excluding carboxylic acids is 4. The molecule has 400 valence electrons. The fraction of sp³-hybridized carbons (Fsp3) is 0.262. The third-order valence-electron chi connectivity index (χ3n) is 16.8. The predicted octanol–water partition coefficient (Wildman–Crippen LogP) is 9.07. The third kappa shape index (κ3) is 10.1. The van der Waals surface area contributed by atoms with Gasteiger partial charge in [0.05, 0.1) is 29.3 Å². The van der Waals surface area contributed by atoms with Crippen LogP contribution in [0.4, 0.5) is 16.2 Å². The van der Waals surface area contributed by atoms with Crippen molar-refractivity contribution in [2.75, 3.05) is 44.2 Å². The van der Waals surface area contributed by atoms with Crippen LogP contribution in [0.15, 0.2) is 194 Å². The smallest absolute Gasteiger partial charge is 0.329 e. The van der Waals surface area contributed by atoms with E-state index in [2.05, 4.69) is 0 Å². The number of benzene rings is 7. The van der Waals surface area contributed by atoms with Gasteiger partial charge in [-0.1, -0.05) is 176 Å². The number of ketones is 1. The quantitative estimate of drug-likeness (QED) is 0.107. The maximum Gasteiger partial charge on any atom is 0.329 e. The summed E-state index contributed by atoms with van der Waals surface area (Å²) in [6.07, 6.45) is 0.406. The highest BCUT2D eigenvalue weighted by atomic mass is 16.4. The largest absolute Gasteiger partial charge is 0.480 e. The molecule has 1 saturated carbocycles. The minimum Gasteiger partial charge on any atom is -0.480 e. The van der Waals surface area contributed by atoms with Crippen LogP contribution in [0, 0.1) is 0 Å². The van der Waals surface area contributed by atoms with E-state index in [9.17, 15) is 39.3 Å². The van der Waals surface area contributed by atoms with Gasteiger partial charge < -0.3 is 30.0 Å². The molecular formula is C65H61N5O9. The Morgan fingerprint density at radius 1 is 0.544 bits per heavy atom. The van der Waals surface area contributed by atoms with Crippen molar-refractivity contribution in [3.63, 3.8) is 0 Å². The van der Waals surface area contributed by atoms with Crippen molar-refractivity contribution < 1.29 is 44.1 Å². The number of para-hydroxylation sites is 2. The molecule has 1 aliphatic carbocycles. The zero-order valence-electron chi connectivity index (χ0n) is 43.5. The number of amides is 4. The Labute approximate surface area is 458 Å². The van der Waals surface area contributed by atoms with Crippen LogP contribution in [-0.4, -0.2) is 128 Å². The monoisotopic (exact) mass is 1060 g/mol. The predicted molar refractivity (Wildman–Crippen MR) is 298 cm³/mol. The molecule has 0 radical (unpaired) electrons. The number of carbonyl (C=O) groups is 6. The molecule has 4 unspecified atom stereocenters. The van der Waals surface area contributed by atoms with Crippen LogP contribution in [0.1, 0.15) is 86.3 Å². The van der Waals surface area contributed by atoms with Gasteiger partial charge in [0.25, 0.3) is 0 Å². The number of aliphatic carboxylic acids is 2. The first-order valence-electron chi connectivity index (χ1n) is 27.0.